The fraction of sp³-hybridized carbons (Fsp3) is 0.333. The zero-order valence-electron chi connectivity index (χ0n) is 8.83. The number of hydrogen-bond acceptors (Lipinski definition) is 4. The van der Waals surface area contributed by atoms with E-state index in [1.54, 1.807) is 0 Å². The summed E-state index contributed by atoms with van der Waals surface area (Å²) in [5, 5.41) is 8.86. The van der Waals surface area contributed by atoms with Gasteiger partial charge < -0.3 is 14.6 Å². The molecule has 1 heterocycles. The van der Waals surface area contributed by atoms with Crippen molar-refractivity contribution in [3.05, 3.63) is 17.3 Å². The Morgan fingerprint density at radius 3 is 2.47 bits per heavy atom. The van der Waals surface area contributed by atoms with Crippen LogP contribution < -0.4 is 9.47 Å². The molecule has 0 radical (unpaired) electrons. The number of nitrogens with zero attached hydrogens (tertiary/aromatic N) is 1. The van der Waals surface area contributed by atoms with Crippen LogP contribution in [0, 0.1) is 6.92 Å². The van der Waals surface area contributed by atoms with E-state index in [0.717, 1.165) is 13.3 Å². The van der Waals surface area contributed by atoms with Crippen molar-refractivity contribution < 1.29 is 32.5 Å². The molecule has 0 bridgehead atoms. The number of rotatable bonds is 3. The van der Waals surface area contributed by atoms with Gasteiger partial charge in [-0.05, 0) is 12.5 Å². The Morgan fingerprint density at radius 2 is 2.06 bits per heavy atom. The summed E-state index contributed by atoms with van der Waals surface area (Å²) in [5.74, 6) is -2.91. The molecule has 0 aliphatic carbocycles. The topological polar surface area (TPSA) is 68.7 Å². The van der Waals surface area contributed by atoms with Gasteiger partial charge in [0.2, 0.25) is 0 Å². The van der Waals surface area contributed by atoms with Crippen molar-refractivity contribution in [3.63, 3.8) is 0 Å². The first-order valence-electron chi connectivity index (χ1n) is 4.29. The largest absolute Gasteiger partial charge is 0.574 e. The lowest BCUT2D eigenvalue weighted by Crippen LogP contribution is -2.19. The summed E-state index contributed by atoms with van der Waals surface area (Å²) >= 11 is 0. The second kappa shape index (κ2) is 4.48. The predicted molar refractivity (Wildman–Crippen MR) is 49.2 cm³/mol. The molecule has 0 amide bonds. The van der Waals surface area contributed by atoms with Gasteiger partial charge in [-0.25, -0.2) is 9.78 Å². The molecule has 0 saturated heterocycles. The molecule has 5 nitrogen and oxygen atoms in total. The minimum absolute atomic E-state index is 0.170. The second-order valence-electron chi connectivity index (χ2n) is 3.01. The van der Waals surface area contributed by atoms with Crippen LogP contribution in [-0.2, 0) is 0 Å². The highest BCUT2D eigenvalue weighted by atomic mass is 19.4. The third kappa shape index (κ3) is 2.99. The molecule has 0 unspecified atom stereocenters. The number of alkyl halides is 3. The molecule has 8 heteroatoms. The number of halogens is 3. The molecule has 0 atom stereocenters. The van der Waals surface area contributed by atoms with Gasteiger partial charge in [0.25, 0.3) is 5.88 Å². The summed E-state index contributed by atoms with van der Waals surface area (Å²) in [6.07, 6.45) is -4.00. The quantitative estimate of drug-likeness (QED) is 0.889. The summed E-state index contributed by atoms with van der Waals surface area (Å²) in [6, 6.07) is 0. The standard InChI is InChI=1S/C9H8F3NO4/c1-4-3-13-7(17-9(10,11)12)6(16-2)5(4)8(14)15/h3H,1-2H3,(H,14,15). The van der Waals surface area contributed by atoms with Crippen LogP contribution in [-0.4, -0.2) is 29.5 Å². The Bertz CT molecular complexity index is 445. The smallest absolute Gasteiger partial charge is 0.491 e. The molecule has 0 saturated carbocycles. The minimum atomic E-state index is -4.97. The van der Waals surface area contributed by atoms with Crippen molar-refractivity contribution in [2.24, 2.45) is 0 Å². The van der Waals surface area contributed by atoms with Gasteiger partial charge in [-0.3, -0.25) is 0 Å². The van der Waals surface area contributed by atoms with Crippen LogP contribution in [0.15, 0.2) is 6.20 Å². The molecule has 94 valence electrons. The summed E-state index contributed by atoms with van der Waals surface area (Å²) in [6.45, 7) is 1.39. The van der Waals surface area contributed by atoms with E-state index >= 15 is 0 Å². The average Bonchev–Trinajstić information content (AvgIpc) is 2.17. The molecule has 1 aromatic heterocycles. The Kier molecular flexibility index (Phi) is 3.45. The number of carboxylic acid groups (broad SMARTS) is 1. The fourth-order valence-corrected chi connectivity index (χ4v) is 1.20. The molecule has 1 N–H and O–H groups in total. The number of carbonyl (C=O) groups is 1. The van der Waals surface area contributed by atoms with Crippen LogP contribution in [0.5, 0.6) is 11.6 Å². The number of carboxylic acids is 1. The molecular formula is C9H8F3NO4. The third-order valence-corrected chi connectivity index (χ3v) is 1.82. The molecule has 0 fully saturated rings. The summed E-state index contributed by atoms with van der Waals surface area (Å²) in [7, 11) is 1.03. The van der Waals surface area contributed by atoms with Crippen molar-refractivity contribution >= 4 is 5.97 Å². The van der Waals surface area contributed by atoms with E-state index in [4.69, 9.17) is 5.11 Å². The first-order valence-corrected chi connectivity index (χ1v) is 4.29. The lowest BCUT2D eigenvalue weighted by atomic mass is 10.1. The molecule has 1 rings (SSSR count). The first-order chi connectivity index (χ1) is 7.76. The Hall–Kier alpha value is -1.99. The molecular weight excluding hydrogens is 243 g/mol. The fourth-order valence-electron chi connectivity index (χ4n) is 1.20. The van der Waals surface area contributed by atoms with Crippen molar-refractivity contribution in [2.75, 3.05) is 7.11 Å². The average molecular weight is 251 g/mol. The first kappa shape index (κ1) is 13.1. The number of hydrogen-bond donors (Lipinski definition) is 1. The maximum absolute atomic E-state index is 12.0. The molecule has 0 aliphatic heterocycles. The number of ether oxygens (including phenoxy) is 2. The van der Waals surface area contributed by atoms with Crippen LogP contribution in [0.4, 0.5) is 13.2 Å². The van der Waals surface area contributed by atoms with Gasteiger partial charge >= 0.3 is 12.3 Å². The summed E-state index contributed by atoms with van der Waals surface area (Å²) in [5.41, 5.74) is -0.245. The monoisotopic (exact) mass is 251 g/mol. The Balaban J connectivity index is 3.33. The van der Waals surface area contributed by atoms with Crippen molar-refractivity contribution in [1.82, 2.24) is 4.98 Å². The van der Waals surface area contributed by atoms with Crippen molar-refractivity contribution in [1.29, 1.82) is 0 Å². The number of aromatic nitrogens is 1. The van der Waals surface area contributed by atoms with E-state index in [-0.39, 0.29) is 5.56 Å². The maximum Gasteiger partial charge on any atom is 0.574 e. The SMILES string of the molecule is COc1c(OC(F)(F)F)ncc(C)c1C(=O)O. The van der Waals surface area contributed by atoms with Gasteiger partial charge in [0.05, 0.1) is 7.11 Å². The number of aryl methyl sites for hydroxylation is 1. The normalized spacial score (nSPS) is 11.1. The third-order valence-electron chi connectivity index (χ3n) is 1.82. The summed E-state index contributed by atoms with van der Waals surface area (Å²) in [4.78, 5) is 14.2. The Labute approximate surface area is 93.8 Å². The van der Waals surface area contributed by atoms with Gasteiger partial charge in [0.15, 0.2) is 5.75 Å². The van der Waals surface area contributed by atoms with Crippen LogP contribution in [0.3, 0.4) is 0 Å². The molecule has 0 spiro atoms. The molecule has 0 aromatic carbocycles. The lowest BCUT2D eigenvalue weighted by Gasteiger charge is -2.14. The second-order valence-corrected chi connectivity index (χ2v) is 3.01. The van der Waals surface area contributed by atoms with Gasteiger partial charge in [-0.15, -0.1) is 13.2 Å². The molecule has 1 aromatic rings. The van der Waals surface area contributed by atoms with Crippen LogP contribution in [0.25, 0.3) is 0 Å². The van der Waals surface area contributed by atoms with Gasteiger partial charge in [-0.2, -0.15) is 0 Å². The highest BCUT2D eigenvalue weighted by molar-refractivity contribution is 5.93. The zero-order chi connectivity index (χ0) is 13.2. The minimum Gasteiger partial charge on any atom is -0.491 e. The number of aromatic carboxylic acids is 1. The lowest BCUT2D eigenvalue weighted by molar-refractivity contribution is -0.276. The van der Waals surface area contributed by atoms with E-state index in [9.17, 15) is 18.0 Å². The zero-order valence-corrected chi connectivity index (χ0v) is 8.83. The van der Waals surface area contributed by atoms with Crippen molar-refractivity contribution in [2.45, 2.75) is 13.3 Å². The molecule has 0 aliphatic rings. The van der Waals surface area contributed by atoms with E-state index in [0.29, 0.717) is 0 Å². The Morgan fingerprint density at radius 1 is 1.47 bits per heavy atom. The highest BCUT2D eigenvalue weighted by Crippen LogP contribution is 2.34. The van der Waals surface area contributed by atoms with E-state index in [1.165, 1.54) is 6.92 Å². The van der Waals surface area contributed by atoms with E-state index < -0.39 is 29.5 Å². The maximum atomic E-state index is 12.0. The van der Waals surface area contributed by atoms with Crippen molar-refractivity contribution in [3.8, 4) is 11.6 Å². The number of methoxy groups -OCH3 is 1. The van der Waals surface area contributed by atoms with Crippen LogP contribution in [0.2, 0.25) is 0 Å². The van der Waals surface area contributed by atoms with Gasteiger partial charge in [0.1, 0.15) is 5.56 Å². The van der Waals surface area contributed by atoms with Crippen LogP contribution in [0.1, 0.15) is 15.9 Å². The van der Waals surface area contributed by atoms with E-state index in [1.807, 2.05) is 0 Å². The predicted octanol–water partition coefficient (Wildman–Crippen LogP) is 2.00. The summed E-state index contributed by atoms with van der Waals surface area (Å²) < 4.78 is 44.2. The highest BCUT2D eigenvalue weighted by Gasteiger charge is 2.34. The van der Waals surface area contributed by atoms with E-state index in [2.05, 4.69) is 14.5 Å². The van der Waals surface area contributed by atoms with Gasteiger partial charge in [-0.1, -0.05) is 0 Å². The molecule has 17 heavy (non-hydrogen) atoms. The van der Waals surface area contributed by atoms with Gasteiger partial charge in [0, 0.05) is 6.20 Å². The number of pyridine rings is 1. The van der Waals surface area contributed by atoms with Crippen LogP contribution >= 0.6 is 0 Å².